The minimum atomic E-state index is -0.966. The summed E-state index contributed by atoms with van der Waals surface area (Å²) in [6.45, 7) is 6.83. The van der Waals surface area contributed by atoms with E-state index in [1.54, 1.807) is 0 Å². The average Bonchev–Trinajstić information content (AvgIpc) is 2.64. The zero-order valence-electron chi connectivity index (χ0n) is 10.5. The maximum absolute atomic E-state index is 12.1. The molecule has 0 aromatic rings. The fraction of sp³-hybridized carbons (Fsp3) is 0.929. The standard InChI is InChI=1S/C14H22O2/c1-8-6-7-14(16)10(15)5-4-9-12(11(8)14)13(9,2)3/h8-9,11-12,16H,4-7H2,1-3H3/t8-,9+,11+,12+,14+/m1/s1. The summed E-state index contributed by atoms with van der Waals surface area (Å²) in [5, 5.41) is 10.7. The first-order valence-corrected chi connectivity index (χ1v) is 6.64. The molecule has 0 aromatic heterocycles. The lowest BCUT2D eigenvalue weighted by Crippen LogP contribution is -2.44. The van der Waals surface area contributed by atoms with Crippen LogP contribution in [0.5, 0.6) is 0 Å². The van der Waals surface area contributed by atoms with Crippen LogP contribution in [0.2, 0.25) is 0 Å². The molecule has 5 atom stereocenters. The predicted octanol–water partition coefficient (Wildman–Crippen LogP) is 2.40. The summed E-state index contributed by atoms with van der Waals surface area (Å²) in [5.41, 5.74) is -0.607. The Morgan fingerprint density at radius 1 is 1.25 bits per heavy atom. The van der Waals surface area contributed by atoms with E-state index in [0.717, 1.165) is 12.8 Å². The van der Waals surface area contributed by atoms with Gasteiger partial charge in [0.1, 0.15) is 5.60 Å². The molecule has 0 aromatic carbocycles. The van der Waals surface area contributed by atoms with Crippen molar-refractivity contribution in [3.05, 3.63) is 0 Å². The van der Waals surface area contributed by atoms with Crippen LogP contribution in [-0.4, -0.2) is 16.5 Å². The SMILES string of the molecule is C[C@@H]1CC[C@]2(O)C(=O)CC[C@H]3[C@@H]([C@H]12)C3(C)C. The van der Waals surface area contributed by atoms with E-state index in [1.807, 2.05) is 0 Å². The predicted molar refractivity (Wildman–Crippen MR) is 61.8 cm³/mol. The number of aliphatic hydroxyl groups is 1. The molecule has 3 saturated carbocycles. The summed E-state index contributed by atoms with van der Waals surface area (Å²) in [5.74, 6) is 2.14. The van der Waals surface area contributed by atoms with Gasteiger partial charge in [-0.2, -0.15) is 0 Å². The average molecular weight is 222 g/mol. The van der Waals surface area contributed by atoms with Crippen LogP contribution in [-0.2, 0) is 4.79 Å². The minimum Gasteiger partial charge on any atom is -0.382 e. The van der Waals surface area contributed by atoms with E-state index >= 15 is 0 Å². The molecule has 3 aliphatic carbocycles. The van der Waals surface area contributed by atoms with Crippen molar-refractivity contribution in [2.45, 2.75) is 52.1 Å². The van der Waals surface area contributed by atoms with Gasteiger partial charge < -0.3 is 5.11 Å². The third kappa shape index (κ3) is 1.09. The first-order chi connectivity index (χ1) is 7.39. The van der Waals surface area contributed by atoms with Crippen molar-refractivity contribution in [1.29, 1.82) is 0 Å². The largest absolute Gasteiger partial charge is 0.382 e. The molecule has 0 radical (unpaired) electrons. The van der Waals surface area contributed by atoms with Crippen molar-refractivity contribution >= 4 is 5.78 Å². The zero-order chi connectivity index (χ0) is 11.7. The second-order valence-corrected chi connectivity index (χ2v) is 6.88. The lowest BCUT2D eigenvalue weighted by Gasteiger charge is -2.31. The van der Waals surface area contributed by atoms with Gasteiger partial charge in [0.05, 0.1) is 0 Å². The molecule has 3 rings (SSSR count). The lowest BCUT2D eigenvalue weighted by molar-refractivity contribution is -0.142. The van der Waals surface area contributed by atoms with Crippen molar-refractivity contribution in [1.82, 2.24) is 0 Å². The molecule has 0 spiro atoms. The van der Waals surface area contributed by atoms with Gasteiger partial charge in [-0.15, -0.1) is 0 Å². The monoisotopic (exact) mass is 222 g/mol. The molecule has 2 nitrogen and oxygen atoms in total. The molecular weight excluding hydrogens is 200 g/mol. The molecule has 16 heavy (non-hydrogen) atoms. The number of carbonyl (C=O) groups is 1. The molecule has 90 valence electrons. The summed E-state index contributed by atoms with van der Waals surface area (Å²) in [4.78, 5) is 12.1. The molecule has 0 aliphatic heterocycles. The van der Waals surface area contributed by atoms with Crippen molar-refractivity contribution < 1.29 is 9.90 Å². The molecule has 3 aliphatic rings. The number of fused-ring (bicyclic) bond motifs is 3. The van der Waals surface area contributed by atoms with Crippen molar-refractivity contribution in [3.8, 4) is 0 Å². The quantitative estimate of drug-likeness (QED) is 0.683. The molecule has 0 bridgehead atoms. The van der Waals surface area contributed by atoms with Gasteiger partial charge in [0.2, 0.25) is 0 Å². The molecule has 3 fully saturated rings. The van der Waals surface area contributed by atoms with E-state index in [-0.39, 0.29) is 11.7 Å². The number of rotatable bonds is 0. The third-order valence-corrected chi connectivity index (χ3v) is 5.84. The van der Waals surface area contributed by atoms with Crippen LogP contribution in [0.15, 0.2) is 0 Å². The van der Waals surface area contributed by atoms with Gasteiger partial charge in [0, 0.05) is 12.3 Å². The Kier molecular flexibility index (Phi) is 1.95. The zero-order valence-corrected chi connectivity index (χ0v) is 10.5. The normalized spacial score (nSPS) is 54.1. The first kappa shape index (κ1) is 10.8. The smallest absolute Gasteiger partial charge is 0.164 e. The van der Waals surface area contributed by atoms with Gasteiger partial charge in [-0.25, -0.2) is 0 Å². The minimum absolute atomic E-state index is 0.129. The highest BCUT2D eigenvalue weighted by molar-refractivity contribution is 5.88. The second kappa shape index (κ2) is 2.90. The molecular formula is C14H22O2. The van der Waals surface area contributed by atoms with E-state index < -0.39 is 5.60 Å². The lowest BCUT2D eigenvalue weighted by atomic mass is 9.77. The Bertz CT molecular complexity index is 347. The Balaban J connectivity index is 2.01. The van der Waals surface area contributed by atoms with Gasteiger partial charge in [-0.05, 0) is 42.4 Å². The first-order valence-electron chi connectivity index (χ1n) is 6.64. The maximum atomic E-state index is 12.1. The van der Waals surface area contributed by atoms with Crippen LogP contribution in [0.25, 0.3) is 0 Å². The second-order valence-electron chi connectivity index (χ2n) is 6.88. The fourth-order valence-electron chi connectivity index (χ4n) is 4.80. The highest BCUT2D eigenvalue weighted by Crippen LogP contribution is 2.70. The third-order valence-electron chi connectivity index (χ3n) is 5.84. The fourth-order valence-corrected chi connectivity index (χ4v) is 4.80. The summed E-state index contributed by atoms with van der Waals surface area (Å²) in [6.07, 6.45) is 3.33. The van der Waals surface area contributed by atoms with E-state index in [1.165, 1.54) is 0 Å². The molecule has 2 heteroatoms. The van der Waals surface area contributed by atoms with Gasteiger partial charge in [0.25, 0.3) is 0 Å². The highest BCUT2D eigenvalue weighted by atomic mass is 16.3. The van der Waals surface area contributed by atoms with Crippen LogP contribution >= 0.6 is 0 Å². The summed E-state index contributed by atoms with van der Waals surface area (Å²) >= 11 is 0. The van der Waals surface area contributed by atoms with Crippen LogP contribution in [0, 0.1) is 29.1 Å². The molecule has 1 N–H and O–H groups in total. The Morgan fingerprint density at radius 2 is 1.94 bits per heavy atom. The Hall–Kier alpha value is -0.370. The number of hydrogen-bond acceptors (Lipinski definition) is 2. The molecule has 0 unspecified atom stereocenters. The highest BCUT2D eigenvalue weighted by Gasteiger charge is 2.69. The maximum Gasteiger partial charge on any atom is 0.164 e. The van der Waals surface area contributed by atoms with E-state index in [9.17, 15) is 9.90 Å². The molecule has 0 heterocycles. The molecule has 0 saturated heterocycles. The van der Waals surface area contributed by atoms with Crippen LogP contribution in [0.1, 0.15) is 46.5 Å². The Morgan fingerprint density at radius 3 is 2.62 bits per heavy atom. The Labute approximate surface area is 97.4 Å². The summed E-state index contributed by atoms with van der Waals surface area (Å²) in [7, 11) is 0. The number of ketones is 1. The summed E-state index contributed by atoms with van der Waals surface area (Å²) in [6, 6.07) is 0. The number of carbonyl (C=O) groups excluding carboxylic acids is 1. The van der Waals surface area contributed by atoms with E-state index in [4.69, 9.17) is 0 Å². The number of Topliss-reactive ketones (excluding diaryl/α,β-unsaturated/α-hetero) is 1. The van der Waals surface area contributed by atoms with Gasteiger partial charge in [-0.3, -0.25) is 4.79 Å². The topological polar surface area (TPSA) is 37.3 Å². The van der Waals surface area contributed by atoms with Gasteiger partial charge in [-0.1, -0.05) is 20.8 Å². The van der Waals surface area contributed by atoms with Crippen molar-refractivity contribution in [2.75, 3.05) is 0 Å². The van der Waals surface area contributed by atoms with Gasteiger partial charge >= 0.3 is 0 Å². The summed E-state index contributed by atoms with van der Waals surface area (Å²) < 4.78 is 0. The van der Waals surface area contributed by atoms with Crippen LogP contribution < -0.4 is 0 Å². The van der Waals surface area contributed by atoms with Crippen molar-refractivity contribution in [2.24, 2.45) is 29.1 Å². The van der Waals surface area contributed by atoms with Gasteiger partial charge in [0.15, 0.2) is 5.78 Å². The molecule has 0 amide bonds. The van der Waals surface area contributed by atoms with E-state index in [0.29, 0.717) is 36.0 Å². The van der Waals surface area contributed by atoms with Crippen LogP contribution in [0.3, 0.4) is 0 Å². The number of hydrogen-bond donors (Lipinski definition) is 1. The van der Waals surface area contributed by atoms with Crippen LogP contribution in [0.4, 0.5) is 0 Å². The van der Waals surface area contributed by atoms with Crippen molar-refractivity contribution in [3.63, 3.8) is 0 Å². The van der Waals surface area contributed by atoms with E-state index in [2.05, 4.69) is 20.8 Å².